The number of anilines is 3. The van der Waals surface area contributed by atoms with Crippen molar-refractivity contribution >= 4 is 49.4 Å². The van der Waals surface area contributed by atoms with E-state index in [0.717, 1.165) is 11.4 Å². The molecule has 1 aliphatic carbocycles. The number of rotatable bonds is 4. The fraction of sp³-hybridized carbons (Fsp3) is 0.0667. The van der Waals surface area contributed by atoms with E-state index in [1.165, 1.54) is 71.4 Å². The first-order valence-electron chi connectivity index (χ1n) is 16.1. The van der Waals surface area contributed by atoms with Crippen molar-refractivity contribution in [3.05, 3.63) is 175 Å². The van der Waals surface area contributed by atoms with Gasteiger partial charge in [0.25, 0.3) is 0 Å². The maximum Gasteiger partial charge on any atom is 0.0540 e. The molecule has 46 heavy (non-hydrogen) atoms. The highest BCUT2D eigenvalue weighted by Gasteiger charge is 2.35. The van der Waals surface area contributed by atoms with Gasteiger partial charge in [0.1, 0.15) is 0 Å². The molecule has 0 aliphatic heterocycles. The molecule has 0 fully saturated rings. The lowest BCUT2D eigenvalue weighted by atomic mass is 9.82. The standard InChI is InChI=1S/C45H33N/c1-45(2)41-20-9-8-18-37(41)38-27-25-35(29-42(38)45)46(34-16-10-15-33(28-34)30-12-4-3-5-13-30)43-21-11-19-40-39(43)26-24-32-23-22-31-14-6-7-17-36(31)44(32)40/h3-29H,1-2H3. The maximum atomic E-state index is 2.46. The molecule has 0 heterocycles. The zero-order valence-corrected chi connectivity index (χ0v) is 26.0. The fourth-order valence-corrected chi connectivity index (χ4v) is 7.76. The minimum atomic E-state index is -0.0899. The lowest BCUT2D eigenvalue weighted by Gasteiger charge is -2.29. The van der Waals surface area contributed by atoms with Crippen LogP contribution >= 0.6 is 0 Å². The normalized spacial score (nSPS) is 13.2. The van der Waals surface area contributed by atoms with Gasteiger partial charge in [0, 0.05) is 22.2 Å². The number of nitrogens with zero attached hydrogens (tertiary/aromatic N) is 1. The van der Waals surface area contributed by atoms with E-state index >= 15 is 0 Å². The Morgan fingerprint density at radius 2 is 1.09 bits per heavy atom. The van der Waals surface area contributed by atoms with Crippen molar-refractivity contribution in [2.24, 2.45) is 0 Å². The Morgan fingerprint density at radius 1 is 0.413 bits per heavy atom. The van der Waals surface area contributed by atoms with Crippen LogP contribution in [0, 0.1) is 0 Å². The van der Waals surface area contributed by atoms with Crippen LogP contribution in [0.5, 0.6) is 0 Å². The van der Waals surface area contributed by atoms with Gasteiger partial charge in [0.05, 0.1) is 5.69 Å². The van der Waals surface area contributed by atoms with Gasteiger partial charge in [-0.05, 0) is 90.6 Å². The molecule has 1 aliphatic rings. The molecule has 0 unspecified atom stereocenters. The average molecular weight is 588 g/mol. The minimum absolute atomic E-state index is 0.0899. The van der Waals surface area contributed by atoms with E-state index in [2.05, 4.69) is 183 Å². The Bertz CT molecular complexity index is 2450. The minimum Gasteiger partial charge on any atom is -0.310 e. The third-order valence-electron chi connectivity index (χ3n) is 10.0. The first-order valence-corrected chi connectivity index (χ1v) is 16.1. The molecule has 0 amide bonds. The van der Waals surface area contributed by atoms with E-state index in [0.29, 0.717) is 0 Å². The molecule has 8 aromatic carbocycles. The van der Waals surface area contributed by atoms with Crippen LogP contribution in [0.25, 0.3) is 54.6 Å². The van der Waals surface area contributed by atoms with Crippen molar-refractivity contribution in [2.75, 3.05) is 4.90 Å². The monoisotopic (exact) mass is 587 g/mol. The predicted octanol–water partition coefficient (Wildman–Crippen LogP) is 12.6. The summed E-state index contributed by atoms with van der Waals surface area (Å²) < 4.78 is 0. The molecule has 0 N–H and O–H groups in total. The van der Waals surface area contributed by atoms with Gasteiger partial charge in [-0.2, -0.15) is 0 Å². The molecule has 0 saturated carbocycles. The van der Waals surface area contributed by atoms with Crippen molar-refractivity contribution in [3.8, 4) is 22.3 Å². The Kier molecular flexibility index (Phi) is 5.92. The molecule has 0 aromatic heterocycles. The summed E-state index contributed by atoms with van der Waals surface area (Å²) in [7, 11) is 0. The molecule has 0 spiro atoms. The molecular formula is C45H33N. The van der Waals surface area contributed by atoms with Gasteiger partial charge in [-0.1, -0.05) is 147 Å². The van der Waals surface area contributed by atoms with Gasteiger partial charge in [-0.25, -0.2) is 0 Å². The predicted molar refractivity (Wildman–Crippen MR) is 197 cm³/mol. The molecule has 9 rings (SSSR count). The zero-order valence-electron chi connectivity index (χ0n) is 26.0. The maximum absolute atomic E-state index is 2.46. The molecular weight excluding hydrogens is 555 g/mol. The second-order valence-corrected chi connectivity index (χ2v) is 13.0. The summed E-state index contributed by atoms with van der Waals surface area (Å²) in [6.07, 6.45) is 0. The van der Waals surface area contributed by atoms with Gasteiger partial charge in [0.2, 0.25) is 0 Å². The Balaban J connectivity index is 1.32. The molecule has 0 saturated heterocycles. The van der Waals surface area contributed by atoms with E-state index in [1.807, 2.05) is 0 Å². The molecule has 1 heteroatoms. The SMILES string of the molecule is CC1(C)c2ccccc2-c2ccc(N(c3cccc(-c4ccccc4)c3)c3cccc4c3ccc3ccc5ccccc5c34)cc21. The molecule has 1 nitrogen and oxygen atoms in total. The van der Waals surface area contributed by atoms with E-state index < -0.39 is 0 Å². The Labute approximate surface area is 270 Å². The number of benzene rings is 8. The zero-order chi connectivity index (χ0) is 30.8. The summed E-state index contributed by atoms with van der Waals surface area (Å²) in [5.74, 6) is 0. The summed E-state index contributed by atoms with van der Waals surface area (Å²) in [5, 5.41) is 7.63. The van der Waals surface area contributed by atoms with E-state index in [1.54, 1.807) is 0 Å². The number of fused-ring (bicyclic) bond motifs is 8. The van der Waals surface area contributed by atoms with Gasteiger partial charge in [-0.15, -0.1) is 0 Å². The highest BCUT2D eigenvalue weighted by molar-refractivity contribution is 6.22. The van der Waals surface area contributed by atoms with Crippen molar-refractivity contribution in [3.63, 3.8) is 0 Å². The van der Waals surface area contributed by atoms with Crippen LogP contribution in [0.1, 0.15) is 25.0 Å². The van der Waals surface area contributed by atoms with Crippen LogP contribution in [0.4, 0.5) is 17.1 Å². The summed E-state index contributed by atoms with van der Waals surface area (Å²) in [4.78, 5) is 2.46. The lowest BCUT2D eigenvalue weighted by Crippen LogP contribution is -2.16. The van der Waals surface area contributed by atoms with E-state index in [9.17, 15) is 0 Å². The average Bonchev–Trinajstić information content (AvgIpc) is 3.34. The van der Waals surface area contributed by atoms with Gasteiger partial charge in [-0.3, -0.25) is 0 Å². The Hall–Kier alpha value is -5.66. The van der Waals surface area contributed by atoms with Crippen molar-refractivity contribution in [2.45, 2.75) is 19.3 Å². The quantitative estimate of drug-likeness (QED) is 0.185. The van der Waals surface area contributed by atoms with Crippen LogP contribution in [0.3, 0.4) is 0 Å². The smallest absolute Gasteiger partial charge is 0.0540 e. The van der Waals surface area contributed by atoms with Crippen LogP contribution in [-0.4, -0.2) is 0 Å². The van der Waals surface area contributed by atoms with Crippen molar-refractivity contribution in [1.82, 2.24) is 0 Å². The summed E-state index contributed by atoms with van der Waals surface area (Å²) in [5.41, 5.74) is 11.2. The van der Waals surface area contributed by atoms with Crippen molar-refractivity contribution < 1.29 is 0 Å². The molecule has 0 radical (unpaired) electrons. The highest BCUT2D eigenvalue weighted by Crippen LogP contribution is 2.51. The summed E-state index contributed by atoms with van der Waals surface area (Å²) in [6.45, 7) is 4.72. The van der Waals surface area contributed by atoms with Gasteiger partial charge >= 0.3 is 0 Å². The number of hydrogen-bond donors (Lipinski definition) is 0. The van der Waals surface area contributed by atoms with Gasteiger partial charge in [0.15, 0.2) is 0 Å². The first kappa shape index (κ1) is 26.7. The summed E-state index contributed by atoms with van der Waals surface area (Å²) >= 11 is 0. The highest BCUT2D eigenvalue weighted by atomic mass is 15.1. The third-order valence-corrected chi connectivity index (χ3v) is 10.0. The molecule has 218 valence electrons. The molecule has 0 bridgehead atoms. The topological polar surface area (TPSA) is 3.24 Å². The largest absolute Gasteiger partial charge is 0.310 e. The second kappa shape index (κ2) is 10.2. The summed E-state index contributed by atoms with van der Waals surface area (Å²) in [6, 6.07) is 60.2. The van der Waals surface area contributed by atoms with Crippen molar-refractivity contribution in [1.29, 1.82) is 0 Å². The number of hydrogen-bond acceptors (Lipinski definition) is 1. The van der Waals surface area contributed by atoms with Gasteiger partial charge < -0.3 is 4.90 Å². The van der Waals surface area contributed by atoms with Crippen LogP contribution in [0.15, 0.2) is 164 Å². The molecule has 0 atom stereocenters. The van der Waals surface area contributed by atoms with Crippen LogP contribution in [0.2, 0.25) is 0 Å². The van der Waals surface area contributed by atoms with E-state index in [-0.39, 0.29) is 5.41 Å². The Morgan fingerprint density at radius 3 is 2.00 bits per heavy atom. The first-order chi connectivity index (χ1) is 22.6. The lowest BCUT2D eigenvalue weighted by molar-refractivity contribution is 0.660. The fourth-order valence-electron chi connectivity index (χ4n) is 7.76. The van der Waals surface area contributed by atoms with Crippen LogP contribution in [-0.2, 0) is 5.41 Å². The molecule has 8 aromatic rings. The second-order valence-electron chi connectivity index (χ2n) is 13.0. The van der Waals surface area contributed by atoms with Crippen LogP contribution < -0.4 is 4.90 Å². The van der Waals surface area contributed by atoms with E-state index in [4.69, 9.17) is 0 Å². The third kappa shape index (κ3) is 4.02.